The molecule has 114 valence electrons. The summed E-state index contributed by atoms with van der Waals surface area (Å²) in [4.78, 5) is 26.8. The van der Waals surface area contributed by atoms with Crippen LogP contribution in [0.1, 0.15) is 18.1 Å². The third-order valence-electron chi connectivity index (χ3n) is 3.42. The van der Waals surface area contributed by atoms with E-state index in [1.54, 1.807) is 23.7 Å². The number of non-ortho nitro benzene ring substituents is 1. The topological polar surface area (TPSA) is 73.1 Å². The largest absolute Gasteiger partial charge is 0.294 e. The van der Waals surface area contributed by atoms with Crippen LogP contribution in [0.15, 0.2) is 48.0 Å². The number of thiazole rings is 1. The van der Waals surface area contributed by atoms with Gasteiger partial charge in [0, 0.05) is 23.3 Å². The number of carbonyl (C=O) groups is 1. The lowest BCUT2D eigenvalue weighted by Gasteiger charge is -2.06. The first-order valence-electron chi connectivity index (χ1n) is 6.86. The van der Waals surface area contributed by atoms with E-state index in [-0.39, 0.29) is 11.5 Å². The van der Waals surface area contributed by atoms with E-state index in [0.717, 1.165) is 15.8 Å². The minimum atomic E-state index is -0.450. The van der Waals surface area contributed by atoms with Crippen LogP contribution in [0.5, 0.6) is 0 Å². The molecule has 0 unspecified atom stereocenters. The molecule has 0 bridgehead atoms. The van der Waals surface area contributed by atoms with Gasteiger partial charge in [-0.25, -0.2) is 4.98 Å². The standard InChI is InChI=1S/C17H12N2O3S/c1-11(20)15(9-12-4-2-5-13(8-12)19(21)22)14-6-3-7-16-17(14)23-10-18-16/h2-10H,1H3. The average Bonchev–Trinajstić information content (AvgIpc) is 3.01. The summed E-state index contributed by atoms with van der Waals surface area (Å²) in [7, 11) is 0. The van der Waals surface area contributed by atoms with Crippen molar-refractivity contribution < 1.29 is 9.72 Å². The lowest BCUT2D eigenvalue weighted by molar-refractivity contribution is -0.384. The molecule has 0 atom stereocenters. The van der Waals surface area contributed by atoms with Crippen LogP contribution >= 0.6 is 11.3 Å². The summed E-state index contributed by atoms with van der Waals surface area (Å²) in [6.07, 6.45) is 1.68. The highest BCUT2D eigenvalue weighted by molar-refractivity contribution is 7.17. The number of allylic oxidation sites excluding steroid dienone is 1. The van der Waals surface area contributed by atoms with Crippen molar-refractivity contribution in [3.8, 4) is 0 Å². The molecule has 0 amide bonds. The summed E-state index contributed by atoms with van der Waals surface area (Å²) in [6, 6.07) is 11.8. The molecule has 1 aromatic heterocycles. The molecule has 0 spiro atoms. The van der Waals surface area contributed by atoms with Gasteiger partial charge < -0.3 is 0 Å². The molecule has 0 saturated heterocycles. The van der Waals surface area contributed by atoms with Crippen LogP contribution in [0.25, 0.3) is 21.9 Å². The van der Waals surface area contributed by atoms with Crippen molar-refractivity contribution >= 4 is 44.7 Å². The first kappa shape index (κ1) is 15.1. The van der Waals surface area contributed by atoms with Gasteiger partial charge in [-0.3, -0.25) is 14.9 Å². The quantitative estimate of drug-likeness (QED) is 0.310. The number of fused-ring (bicyclic) bond motifs is 1. The zero-order valence-corrected chi connectivity index (χ0v) is 13.0. The first-order valence-corrected chi connectivity index (χ1v) is 7.74. The van der Waals surface area contributed by atoms with E-state index in [2.05, 4.69) is 4.98 Å². The van der Waals surface area contributed by atoms with Crippen LogP contribution in [0.2, 0.25) is 0 Å². The minimum Gasteiger partial charge on any atom is -0.294 e. The van der Waals surface area contributed by atoms with Crippen molar-refractivity contribution in [1.82, 2.24) is 4.98 Å². The lowest BCUT2D eigenvalue weighted by atomic mass is 9.99. The Morgan fingerprint density at radius 2 is 2.04 bits per heavy atom. The average molecular weight is 324 g/mol. The molecule has 0 N–H and O–H groups in total. The molecule has 0 saturated carbocycles. The second-order valence-electron chi connectivity index (χ2n) is 4.97. The summed E-state index contributed by atoms with van der Waals surface area (Å²) in [5.41, 5.74) is 4.49. The van der Waals surface area contributed by atoms with Gasteiger partial charge in [-0.1, -0.05) is 24.3 Å². The van der Waals surface area contributed by atoms with E-state index in [0.29, 0.717) is 11.1 Å². The fraction of sp³-hybridized carbons (Fsp3) is 0.0588. The first-order chi connectivity index (χ1) is 11.1. The summed E-state index contributed by atoms with van der Waals surface area (Å²) in [5, 5.41) is 10.9. The SMILES string of the molecule is CC(=O)C(=Cc1cccc([N+](=O)[O-])c1)c1cccc2ncsc12. The normalized spacial score (nSPS) is 11.6. The Balaban J connectivity index is 2.16. The Morgan fingerprint density at radius 1 is 1.26 bits per heavy atom. The number of Topliss-reactive ketones (excluding diaryl/α,β-unsaturated/α-hetero) is 1. The Hall–Kier alpha value is -2.86. The van der Waals surface area contributed by atoms with E-state index < -0.39 is 4.92 Å². The van der Waals surface area contributed by atoms with Gasteiger partial charge in [0.25, 0.3) is 5.69 Å². The Kier molecular flexibility index (Phi) is 3.99. The molecule has 0 aliphatic carbocycles. The van der Waals surface area contributed by atoms with Gasteiger partial charge in [0.1, 0.15) is 0 Å². The van der Waals surface area contributed by atoms with Crippen LogP contribution in [0.3, 0.4) is 0 Å². The molecule has 3 rings (SSSR count). The summed E-state index contributed by atoms with van der Waals surface area (Å²) in [6.45, 7) is 1.49. The van der Waals surface area contributed by atoms with E-state index in [1.165, 1.54) is 30.4 Å². The van der Waals surface area contributed by atoms with E-state index in [9.17, 15) is 14.9 Å². The smallest absolute Gasteiger partial charge is 0.270 e. The van der Waals surface area contributed by atoms with Gasteiger partial charge in [-0.2, -0.15) is 0 Å². The van der Waals surface area contributed by atoms with Crippen molar-refractivity contribution in [3.05, 3.63) is 69.2 Å². The van der Waals surface area contributed by atoms with Crippen molar-refractivity contribution in [2.75, 3.05) is 0 Å². The number of rotatable bonds is 4. The minimum absolute atomic E-state index is 0.00218. The van der Waals surface area contributed by atoms with Gasteiger partial charge >= 0.3 is 0 Å². The molecule has 0 aliphatic heterocycles. The molecule has 3 aromatic rings. The van der Waals surface area contributed by atoms with Gasteiger partial charge in [0.05, 0.1) is 20.7 Å². The summed E-state index contributed by atoms with van der Waals surface area (Å²) in [5.74, 6) is -0.0996. The third-order valence-corrected chi connectivity index (χ3v) is 4.29. The van der Waals surface area contributed by atoms with Crippen LogP contribution in [-0.2, 0) is 4.79 Å². The predicted octanol–water partition coefficient (Wildman–Crippen LogP) is 4.33. The predicted molar refractivity (Wildman–Crippen MR) is 91.3 cm³/mol. The monoisotopic (exact) mass is 324 g/mol. The zero-order valence-electron chi connectivity index (χ0n) is 12.2. The van der Waals surface area contributed by atoms with Crippen LogP contribution < -0.4 is 0 Å². The Morgan fingerprint density at radius 3 is 2.78 bits per heavy atom. The number of benzene rings is 2. The number of aromatic nitrogens is 1. The number of nitro groups is 1. The van der Waals surface area contributed by atoms with Gasteiger partial charge in [-0.15, -0.1) is 11.3 Å². The number of nitrogens with zero attached hydrogens (tertiary/aromatic N) is 2. The van der Waals surface area contributed by atoms with Crippen molar-refractivity contribution in [1.29, 1.82) is 0 Å². The van der Waals surface area contributed by atoms with Gasteiger partial charge in [-0.05, 0) is 24.6 Å². The molecule has 0 fully saturated rings. The number of carbonyl (C=O) groups excluding carboxylic acids is 1. The summed E-state index contributed by atoms with van der Waals surface area (Å²) < 4.78 is 0.930. The highest BCUT2D eigenvalue weighted by Gasteiger charge is 2.13. The fourth-order valence-electron chi connectivity index (χ4n) is 2.36. The zero-order chi connectivity index (χ0) is 16.4. The summed E-state index contributed by atoms with van der Waals surface area (Å²) >= 11 is 1.47. The molecular formula is C17H12N2O3S. The number of hydrogen-bond acceptors (Lipinski definition) is 5. The number of nitro benzene ring substituents is 1. The molecule has 6 heteroatoms. The third kappa shape index (κ3) is 3.02. The van der Waals surface area contributed by atoms with E-state index in [4.69, 9.17) is 0 Å². The molecule has 0 radical (unpaired) electrons. The second kappa shape index (κ2) is 6.10. The molecule has 5 nitrogen and oxygen atoms in total. The lowest BCUT2D eigenvalue weighted by Crippen LogP contribution is -1.96. The second-order valence-corrected chi connectivity index (χ2v) is 5.83. The molecule has 0 aliphatic rings. The van der Waals surface area contributed by atoms with Crippen LogP contribution in [0.4, 0.5) is 5.69 Å². The molecule has 2 aromatic carbocycles. The Bertz CT molecular complexity index is 944. The number of hydrogen-bond donors (Lipinski definition) is 0. The van der Waals surface area contributed by atoms with E-state index >= 15 is 0 Å². The van der Waals surface area contributed by atoms with Crippen molar-refractivity contribution in [2.24, 2.45) is 0 Å². The highest BCUT2D eigenvalue weighted by atomic mass is 32.1. The maximum atomic E-state index is 12.1. The van der Waals surface area contributed by atoms with Crippen LogP contribution in [0, 0.1) is 10.1 Å². The van der Waals surface area contributed by atoms with Crippen LogP contribution in [-0.4, -0.2) is 15.7 Å². The van der Waals surface area contributed by atoms with Gasteiger partial charge in [0.2, 0.25) is 0 Å². The fourth-order valence-corrected chi connectivity index (χ4v) is 3.18. The van der Waals surface area contributed by atoms with Crippen molar-refractivity contribution in [2.45, 2.75) is 6.92 Å². The van der Waals surface area contributed by atoms with Gasteiger partial charge in [0.15, 0.2) is 5.78 Å². The molecule has 23 heavy (non-hydrogen) atoms. The maximum absolute atomic E-state index is 12.1. The maximum Gasteiger partial charge on any atom is 0.270 e. The molecule has 1 heterocycles. The Labute approximate surface area is 136 Å². The van der Waals surface area contributed by atoms with E-state index in [1.807, 2.05) is 18.2 Å². The molecular weight excluding hydrogens is 312 g/mol. The number of ketones is 1. The highest BCUT2D eigenvalue weighted by Crippen LogP contribution is 2.30. The van der Waals surface area contributed by atoms with Crippen molar-refractivity contribution in [3.63, 3.8) is 0 Å².